The summed E-state index contributed by atoms with van der Waals surface area (Å²) in [7, 11) is 3.18. The molecule has 0 bridgehead atoms. The number of fused-ring (bicyclic) bond motifs is 2. The van der Waals surface area contributed by atoms with Crippen molar-refractivity contribution in [3.8, 4) is 17.2 Å². The number of rotatable bonds is 8. The molecule has 1 aliphatic rings. The Hall–Kier alpha value is -3.78. The lowest BCUT2D eigenvalue weighted by Crippen LogP contribution is -2.29. The molecule has 1 amide bonds. The summed E-state index contributed by atoms with van der Waals surface area (Å²) < 4.78 is 23.7. The second-order valence-electron chi connectivity index (χ2n) is 9.61. The van der Waals surface area contributed by atoms with Gasteiger partial charge in [0.2, 0.25) is 5.76 Å². The van der Waals surface area contributed by atoms with Crippen molar-refractivity contribution >= 4 is 32.8 Å². The van der Waals surface area contributed by atoms with Crippen LogP contribution in [0.4, 0.5) is 0 Å². The first-order valence-electron chi connectivity index (χ1n) is 12.3. The fourth-order valence-electron chi connectivity index (χ4n) is 4.66. The number of benzene rings is 3. The van der Waals surface area contributed by atoms with Gasteiger partial charge in [0.15, 0.2) is 16.9 Å². The Bertz CT molecular complexity index is 1560. The molecule has 8 heteroatoms. The quantitative estimate of drug-likeness (QED) is 0.243. The Labute approximate surface area is 229 Å². The summed E-state index contributed by atoms with van der Waals surface area (Å²) in [5.74, 6) is 1.91. The van der Waals surface area contributed by atoms with Crippen molar-refractivity contribution < 1.29 is 23.4 Å². The summed E-state index contributed by atoms with van der Waals surface area (Å²) >= 11 is 3.44. The van der Waals surface area contributed by atoms with Crippen molar-refractivity contribution in [2.24, 2.45) is 5.92 Å². The van der Waals surface area contributed by atoms with E-state index in [-0.39, 0.29) is 23.6 Å². The van der Waals surface area contributed by atoms with E-state index in [1.54, 1.807) is 37.3 Å². The minimum atomic E-state index is -0.674. The van der Waals surface area contributed by atoms with Crippen LogP contribution >= 0.6 is 15.9 Å². The third-order valence-corrected chi connectivity index (χ3v) is 7.01. The van der Waals surface area contributed by atoms with Crippen molar-refractivity contribution in [1.82, 2.24) is 4.90 Å². The predicted molar refractivity (Wildman–Crippen MR) is 148 cm³/mol. The second kappa shape index (κ2) is 10.5. The Morgan fingerprint density at radius 1 is 0.947 bits per heavy atom. The predicted octanol–water partition coefficient (Wildman–Crippen LogP) is 6.35. The molecular weight excluding hydrogens is 550 g/mol. The van der Waals surface area contributed by atoms with Crippen LogP contribution in [0, 0.1) is 5.92 Å². The zero-order chi connectivity index (χ0) is 27.0. The van der Waals surface area contributed by atoms with E-state index < -0.39 is 6.04 Å². The number of nitrogens with zero attached hydrogens (tertiary/aromatic N) is 1. The molecule has 0 saturated carbocycles. The monoisotopic (exact) mass is 577 g/mol. The highest BCUT2D eigenvalue weighted by Gasteiger charge is 2.43. The number of amides is 1. The highest BCUT2D eigenvalue weighted by Crippen LogP contribution is 2.42. The molecule has 1 unspecified atom stereocenters. The van der Waals surface area contributed by atoms with Crippen LogP contribution in [0.1, 0.15) is 47.1 Å². The number of hydrogen-bond donors (Lipinski definition) is 0. The van der Waals surface area contributed by atoms with E-state index in [0.29, 0.717) is 40.6 Å². The molecule has 0 saturated heterocycles. The van der Waals surface area contributed by atoms with Gasteiger partial charge in [0.1, 0.15) is 11.3 Å². The van der Waals surface area contributed by atoms with Crippen LogP contribution < -0.4 is 19.6 Å². The molecular formula is C30H28BrNO6. The van der Waals surface area contributed by atoms with Crippen LogP contribution in [-0.2, 0) is 6.54 Å². The molecule has 1 atom stereocenters. The number of carbonyl (C=O) groups is 1. The highest BCUT2D eigenvalue weighted by atomic mass is 79.9. The third kappa shape index (κ3) is 4.76. The first kappa shape index (κ1) is 25.9. The number of methoxy groups -OCH3 is 2. The van der Waals surface area contributed by atoms with Crippen molar-refractivity contribution in [2.75, 3.05) is 20.8 Å². The van der Waals surface area contributed by atoms with Crippen LogP contribution in [0.2, 0.25) is 0 Å². The van der Waals surface area contributed by atoms with Gasteiger partial charge < -0.3 is 23.5 Å². The molecule has 7 nitrogen and oxygen atoms in total. The van der Waals surface area contributed by atoms with Gasteiger partial charge in [-0.3, -0.25) is 9.59 Å². The zero-order valence-corrected chi connectivity index (χ0v) is 23.2. The fourth-order valence-corrected chi connectivity index (χ4v) is 5.02. The van der Waals surface area contributed by atoms with E-state index in [1.165, 1.54) is 0 Å². The number of halogens is 1. The molecule has 4 aromatic rings. The van der Waals surface area contributed by atoms with Gasteiger partial charge in [0.05, 0.1) is 37.8 Å². The topological polar surface area (TPSA) is 78.2 Å². The Morgan fingerprint density at radius 2 is 1.71 bits per heavy atom. The van der Waals surface area contributed by atoms with E-state index >= 15 is 0 Å². The first-order valence-corrected chi connectivity index (χ1v) is 13.1. The number of ether oxygens (including phenoxy) is 3. The van der Waals surface area contributed by atoms with Crippen molar-refractivity contribution in [1.29, 1.82) is 0 Å². The molecule has 0 aliphatic carbocycles. The van der Waals surface area contributed by atoms with Crippen molar-refractivity contribution in [3.05, 3.63) is 97.8 Å². The van der Waals surface area contributed by atoms with Crippen molar-refractivity contribution in [3.63, 3.8) is 0 Å². The maximum absolute atomic E-state index is 13.9. The molecule has 5 rings (SSSR count). The summed E-state index contributed by atoms with van der Waals surface area (Å²) in [6, 6.07) is 17.5. The van der Waals surface area contributed by atoms with E-state index in [4.69, 9.17) is 18.6 Å². The summed E-state index contributed by atoms with van der Waals surface area (Å²) in [4.78, 5) is 29.3. The third-order valence-electron chi connectivity index (χ3n) is 6.52. The fraction of sp³-hybridized carbons (Fsp3) is 0.267. The number of carbonyl (C=O) groups excluding carboxylic acids is 1. The van der Waals surface area contributed by atoms with E-state index in [1.807, 2.05) is 42.5 Å². The normalized spacial score (nSPS) is 14.7. The standard InChI is InChI=1S/C30H28BrNO6/c1-17(2)16-37-24-11-7-19(13-25(24)36-4)27-26-28(33)22-14-20(31)8-12-23(22)38-29(26)30(34)32(27)15-18-5-9-21(35-3)10-6-18/h5-14,17,27H,15-16H2,1-4H3. The minimum Gasteiger partial charge on any atom is -0.497 e. The summed E-state index contributed by atoms with van der Waals surface area (Å²) in [6.45, 7) is 4.95. The smallest absolute Gasteiger partial charge is 0.291 e. The molecule has 0 spiro atoms. The zero-order valence-electron chi connectivity index (χ0n) is 21.6. The Balaban J connectivity index is 1.65. The van der Waals surface area contributed by atoms with Crippen LogP contribution in [0.25, 0.3) is 11.0 Å². The molecule has 1 aliphatic heterocycles. The van der Waals surface area contributed by atoms with Crippen LogP contribution in [0.3, 0.4) is 0 Å². The van der Waals surface area contributed by atoms with Gasteiger partial charge in [0.25, 0.3) is 5.91 Å². The van der Waals surface area contributed by atoms with Gasteiger partial charge in [-0.05, 0) is 59.5 Å². The van der Waals surface area contributed by atoms with Gasteiger partial charge in [0, 0.05) is 11.0 Å². The lowest BCUT2D eigenvalue weighted by molar-refractivity contribution is 0.0714. The molecule has 2 heterocycles. The maximum Gasteiger partial charge on any atom is 0.291 e. The summed E-state index contributed by atoms with van der Waals surface area (Å²) in [5.41, 5.74) is 2.05. The average molecular weight is 578 g/mol. The molecule has 1 aromatic heterocycles. The average Bonchev–Trinajstić information content (AvgIpc) is 3.19. The second-order valence-corrected chi connectivity index (χ2v) is 10.5. The van der Waals surface area contributed by atoms with E-state index in [9.17, 15) is 9.59 Å². The first-order chi connectivity index (χ1) is 18.3. The van der Waals surface area contributed by atoms with Crippen LogP contribution in [-0.4, -0.2) is 31.6 Å². The molecule has 0 radical (unpaired) electrons. The maximum atomic E-state index is 13.9. The number of hydrogen-bond acceptors (Lipinski definition) is 6. The molecule has 38 heavy (non-hydrogen) atoms. The van der Waals surface area contributed by atoms with Gasteiger partial charge in [-0.1, -0.05) is 48.0 Å². The molecule has 196 valence electrons. The highest BCUT2D eigenvalue weighted by molar-refractivity contribution is 9.10. The van der Waals surface area contributed by atoms with Gasteiger partial charge >= 0.3 is 0 Å². The molecule has 0 N–H and O–H groups in total. The van der Waals surface area contributed by atoms with E-state index in [2.05, 4.69) is 29.8 Å². The lowest BCUT2D eigenvalue weighted by atomic mass is 9.97. The summed E-state index contributed by atoms with van der Waals surface area (Å²) in [5, 5.41) is 0.408. The molecule has 0 fully saturated rings. The Kier molecular flexibility index (Phi) is 7.17. The largest absolute Gasteiger partial charge is 0.497 e. The van der Waals surface area contributed by atoms with Crippen molar-refractivity contribution in [2.45, 2.75) is 26.4 Å². The van der Waals surface area contributed by atoms with Crippen LogP contribution in [0.15, 0.2) is 74.3 Å². The van der Waals surface area contributed by atoms with E-state index in [0.717, 1.165) is 21.3 Å². The lowest BCUT2D eigenvalue weighted by Gasteiger charge is -2.26. The minimum absolute atomic E-state index is 0.0578. The SMILES string of the molecule is COc1ccc(CN2C(=O)c3oc4ccc(Br)cc4c(=O)c3C2c2ccc(OCC(C)C)c(OC)c2)cc1. The summed E-state index contributed by atoms with van der Waals surface area (Å²) in [6.07, 6.45) is 0. The van der Waals surface area contributed by atoms with Crippen LogP contribution in [0.5, 0.6) is 17.2 Å². The van der Waals surface area contributed by atoms with Gasteiger partial charge in [-0.2, -0.15) is 0 Å². The molecule has 3 aromatic carbocycles. The van der Waals surface area contributed by atoms with Gasteiger partial charge in [-0.15, -0.1) is 0 Å². The Morgan fingerprint density at radius 3 is 2.39 bits per heavy atom. The van der Waals surface area contributed by atoms with Gasteiger partial charge in [-0.25, -0.2) is 0 Å².